The van der Waals surface area contributed by atoms with Gasteiger partial charge in [-0.15, -0.1) is 0 Å². The normalized spacial score (nSPS) is 16.9. The van der Waals surface area contributed by atoms with Crippen LogP contribution in [0.15, 0.2) is 40.6 Å². The number of hydrogen-bond acceptors (Lipinski definition) is 7. The van der Waals surface area contributed by atoms with E-state index in [0.29, 0.717) is 41.1 Å². The number of amides is 1. The van der Waals surface area contributed by atoms with Gasteiger partial charge in [-0.3, -0.25) is 9.48 Å². The van der Waals surface area contributed by atoms with Gasteiger partial charge in [0.1, 0.15) is 11.5 Å². The molecule has 4 rings (SSSR count). The molecule has 1 aliphatic rings. The Balaban J connectivity index is 1.51. The molecule has 34 heavy (non-hydrogen) atoms. The molecule has 3 aromatic rings. The van der Waals surface area contributed by atoms with Crippen LogP contribution in [0.25, 0.3) is 10.9 Å². The molecule has 0 saturated heterocycles. The number of aromatic nitrogens is 3. The topological polar surface area (TPSA) is 125 Å². The van der Waals surface area contributed by atoms with E-state index in [-0.39, 0.29) is 25.0 Å². The maximum absolute atomic E-state index is 14.5. The Morgan fingerprint density at radius 1 is 1.44 bits per heavy atom. The maximum atomic E-state index is 14.5. The monoisotopic (exact) mass is 485 g/mol. The van der Waals surface area contributed by atoms with E-state index in [1.54, 1.807) is 34.6 Å². The number of nitrogens with two attached hydrogens (primary N) is 1. The van der Waals surface area contributed by atoms with Crippen molar-refractivity contribution >= 4 is 35.0 Å². The van der Waals surface area contributed by atoms with Crippen molar-refractivity contribution in [1.29, 1.82) is 5.41 Å². The van der Waals surface area contributed by atoms with E-state index in [4.69, 9.17) is 11.1 Å². The molecular weight excluding hydrogens is 457 g/mol. The number of aliphatic hydroxyl groups excluding tert-OH is 1. The fourth-order valence-corrected chi connectivity index (χ4v) is 5.35. The summed E-state index contributed by atoms with van der Waals surface area (Å²) in [6.07, 6.45) is 2.89. The van der Waals surface area contributed by atoms with Gasteiger partial charge in [0.15, 0.2) is 0 Å². The molecule has 3 heterocycles. The second-order valence-corrected chi connectivity index (χ2v) is 9.51. The van der Waals surface area contributed by atoms with Crippen LogP contribution in [0, 0.1) is 24.1 Å². The molecule has 0 saturated carbocycles. The van der Waals surface area contributed by atoms with Gasteiger partial charge in [-0.2, -0.15) is 5.10 Å². The number of carbonyl (C=O) groups excluding carboxylic acids is 1. The third-order valence-corrected chi connectivity index (χ3v) is 7.45. The van der Waals surface area contributed by atoms with E-state index in [2.05, 4.69) is 10.4 Å². The first-order chi connectivity index (χ1) is 16.2. The van der Waals surface area contributed by atoms with Crippen molar-refractivity contribution in [3.8, 4) is 0 Å². The van der Waals surface area contributed by atoms with E-state index < -0.39 is 5.82 Å². The van der Waals surface area contributed by atoms with E-state index in [1.807, 2.05) is 18.3 Å². The van der Waals surface area contributed by atoms with E-state index in [0.717, 1.165) is 16.0 Å². The Morgan fingerprint density at radius 3 is 2.91 bits per heavy atom. The maximum Gasteiger partial charge on any atom is 0.268 e. The van der Waals surface area contributed by atoms with Crippen molar-refractivity contribution in [3.63, 3.8) is 0 Å². The highest BCUT2D eigenvalue weighted by atomic mass is 32.2. The summed E-state index contributed by atoms with van der Waals surface area (Å²) in [4.78, 5) is 13.9. The fraction of sp³-hybridized carbons (Fsp3) is 0.348. The highest BCUT2D eigenvalue weighted by Crippen LogP contribution is 2.33. The number of hydrogen-bond donors (Lipinski definition) is 4. The van der Waals surface area contributed by atoms with Gasteiger partial charge in [0.05, 0.1) is 18.3 Å². The number of rotatable bonds is 7. The summed E-state index contributed by atoms with van der Waals surface area (Å²) in [6, 6.07) is 4.85. The zero-order chi connectivity index (χ0) is 24.6. The molecule has 0 fully saturated rings. The molecule has 9 nitrogen and oxygen atoms in total. The average molecular weight is 486 g/mol. The van der Waals surface area contributed by atoms with Crippen LogP contribution in [0.3, 0.4) is 0 Å². The molecular formula is C23H28FN7O2S. The van der Waals surface area contributed by atoms with Gasteiger partial charge in [0.25, 0.3) is 5.91 Å². The minimum Gasteiger partial charge on any atom is -0.401 e. The second-order valence-electron chi connectivity index (χ2n) is 8.37. The smallest absolute Gasteiger partial charge is 0.268 e. The van der Waals surface area contributed by atoms with Crippen molar-refractivity contribution in [3.05, 3.63) is 58.4 Å². The molecule has 0 radical (unpaired) electrons. The lowest BCUT2D eigenvalue weighted by Crippen LogP contribution is -2.37. The summed E-state index contributed by atoms with van der Waals surface area (Å²) in [5, 5.41) is 25.1. The highest BCUT2D eigenvalue weighted by Gasteiger charge is 2.27. The standard InChI is InChI=1S/C23H28FN7O2S/c1-13-20(34-31-10-15(7-25)21(26)16(11-31)12-32)6-19(29(13)2)23(33)27-9-17-18(24)5-4-14-8-28-30(3)22(14)17/h4-8,16,25,32H,9-12,26H2,1-3H3,(H,27,33). The Morgan fingerprint density at radius 2 is 2.21 bits per heavy atom. The molecule has 0 bridgehead atoms. The lowest BCUT2D eigenvalue weighted by Gasteiger charge is -2.32. The van der Waals surface area contributed by atoms with Crippen LogP contribution in [0.4, 0.5) is 4.39 Å². The lowest BCUT2D eigenvalue weighted by molar-refractivity contribution is 0.0942. The van der Waals surface area contributed by atoms with Gasteiger partial charge >= 0.3 is 0 Å². The van der Waals surface area contributed by atoms with Crippen LogP contribution in [-0.4, -0.2) is 55.6 Å². The van der Waals surface area contributed by atoms with Crippen LogP contribution in [-0.2, 0) is 20.6 Å². The summed E-state index contributed by atoms with van der Waals surface area (Å²) in [5.74, 6) is -0.949. The summed E-state index contributed by atoms with van der Waals surface area (Å²) < 4.78 is 20.0. The van der Waals surface area contributed by atoms with Crippen LogP contribution in [0.5, 0.6) is 0 Å². The molecule has 1 aliphatic heterocycles. The molecule has 0 spiro atoms. The first-order valence-electron chi connectivity index (χ1n) is 10.8. The van der Waals surface area contributed by atoms with Gasteiger partial charge < -0.3 is 26.1 Å². The minimum absolute atomic E-state index is 0.0331. The molecule has 11 heteroatoms. The number of carbonyl (C=O) groups is 1. The Hall–Kier alpha value is -3.15. The van der Waals surface area contributed by atoms with Crippen molar-refractivity contribution < 1.29 is 14.3 Å². The molecule has 1 amide bonds. The summed E-state index contributed by atoms with van der Waals surface area (Å²) >= 11 is 1.46. The Labute approximate surface area is 201 Å². The van der Waals surface area contributed by atoms with E-state index >= 15 is 0 Å². The van der Waals surface area contributed by atoms with Crippen LogP contribution in [0.1, 0.15) is 21.7 Å². The van der Waals surface area contributed by atoms with Gasteiger partial charge in [0.2, 0.25) is 0 Å². The zero-order valence-corrected chi connectivity index (χ0v) is 20.1. The van der Waals surface area contributed by atoms with Gasteiger partial charge in [-0.25, -0.2) is 8.70 Å². The number of nitrogens with zero attached hydrogens (tertiary/aromatic N) is 4. The summed E-state index contributed by atoms with van der Waals surface area (Å²) in [7, 11) is 3.55. The van der Waals surface area contributed by atoms with Gasteiger partial charge in [0, 0.05) is 78.7 Å². The van der Waals surface area contributed by atoms with Gasteiger partial charge in [-0.05, 0) is 37.1 Å². The molecule has 1 aromatic carbocycles. The number of aryl methyl sites for hydroxylation is 1. The summed E-state index contributed by atoms with van der Waals surface area (Å²) in [5.41, 5.74) is 9.69. The third kappa shape index (κ3) is 4.33. The molecule has 180 valence electrons. The Kier molecular flexibility index (Phi) is 6.78. The van der Waals surface area contributed by atoms with Crippen molar-refractivity contribution in [2.24, 2.45) is 25.7 Å². The molecule has 5 N–H and O–H groups in total. The average Bonchev–Trinajstić information content (AvgIpc) is 3.34. The predicted molar refractivity (Wildman–Crippen MR) is 130 cm³/mol. The molecule has 1 atom stereocenters. The van der Waals surface area contributed by atoms with Crippen LogP contribution < -0.4 is 11.1 Å². The fourth-order valence-electron chi connectivity index (χ4n) is 4.18. The molecule has 1 unspecified atom stereocenters. The number of nitrogens with one attached hydrogen (secondary N) is 2. The van der Waals surface area contributed by atoms with E-state index in [9.17, 15) is 14.3 Å². The summed E-state index contributed by atoms with van der Waals surface area (Å²) in [6.45, 7) is 2.87. The zero-order valence-electron chi connectivity index (χ0n) is 19.3. The quantitative estimate of drug-likeness (QED) is 0.300. The van der Waals surface area contributed by atoms with E-state index in [1.165, 1.54) is 24.2 Å². The predicted octanol–water partition coefficient (Wildman–Crippen LogP) is 2.08. The largest absolute Gasteiger partial charge is 0.401 e. The van der Waals surface area contributed by atoms with Gasteiger partial charge in [-0.1, -0.05) is 0 Å². The lowest BCUT2D eigenvalue weighted by atomic mass is 9.98. The number of fused-ring (bicyclic) bond motifs is 1. The Bertz CT molecular complexity index is 1300. The number of benzene rings is 1. The SMILES string of the molecule is Cc1c(SN2CC(C=N)=C(N)C(CO)C2)cc(C(=O)NCc2c(F)ccc3cnn(C)c23)n1C. The first kappa shape index (κ1) is 24.0. The van der Waals surface area contributed by atoms with Crippen LogP contribution >= 0.6 is 11.9 Å². The van der Waals surface area contributed by atoms with Crippen LogP contribution in [0.2, 0.25) is 0 Å². The number of halogens is 1. The third-order valence-electron chi connectivity index (χ3n) is 6.30. The second kappa shape index (κ2) is 9.61. The molecule has 2 aromatic heterocycles. The van der Waals surface area contributed by atoms with Crippen molar-refractivity contribution in [2.75, 3.05) is 19.7 Å². The highest BCUT2D eigenvalue weighted by molar-refractivity contribution is 7.97. The molecule has 0 aliphatic carbocycles. The van der Waals surface area contributed by atoms with Crippen molar-refractivity contribution in [2.45, 2.75) is 18.4 Å². The van der Waals surface area contributed by atoms with Crippen molar-refractivity contribution in [1.82, 2.24) is 24.0 Å². The number of aliphatic hydroxyl groups is 1. The first-order valence-corrected chi connectivity index (χ1v) is 11.6. The minimum atomic E-state index is -0.395.